The molecule has 0 saturated carbocycles. The fraction of sp³-hybridized carbons (Fsp3) is 0.368. The number of benzene rings is 2. The predicted octanol–water partition coefficient (Wildman–Crippen LogP) is 5.08. The lowest BCUT2D eigenvalue weighted by atomic mass is 10.0. The van der Waals surface area contributed by atoms with Crippen LogP contribution < -0.4 is 4.74 Å². The van der Waals surface area contributed by atoms with Crippen molar-refractivity contribution in [2.24, 2.45) is 0 Å². The van der Waals surface area contributed by atoms with Crippen molar-refractivity contribution in [2.75, 3.05) is 14.2 Å². The Labute approximate surface area is 143 Å². The monoisotopic (exact) mass is 334 g/mol. The highest BCUT2D eigenvalue weighted by Crippen LogP contribution is 2.37. The van der Waals surface area contributed by atoms with Gasteiger partial charge in [0.1, 0.15) is 12.4 Å². The molecule has 2 aromatic carbocycles. The zero-order valence-corrected chi connectivity index (χ0v) is 14.8. The van der Waals surface area contributed by atoms with Gasteiger partial charge >= 0.3 is 0 Å². The molecular weight excluding hydrogens is 312 g/mol. The first-order chi connectivity index (χ1) is 11.1. The largest absolute Gasteiger partial charge is 0.489 e. The molecule has 0 radical (unpaired) electrons. The Balaban J connectivity index is 2.36. The Hall–Kier alpha value is -1.55. The van der Waals surface area contributed by atoms with Crippen LogP contribution in [0, 0.1) is 6.92 Å². The Morgan fingerprint density at radius 2 is 1.74 bits per heavy atom. The summed E-state index contributed by atoms with van der Waals surface area (Å²) in [6.07, 6.45) is 0.340. The molecule has 0 atom stereocenters. The van der Waals surface area contributed by atoms with E-state index in [9.17, 15) is 0 Å². The Morgan fingerprint density at radius 1 is 1.09 bits per heavy atom. The van der Waals surface area contributed by atoms with Gasteiger partial charge in [0.05, 0.1) is 5.02 Å². The van der Waals surface area contributed by atoms with Crippen molar-refractivity contribution in [1.82, 2.24) is 0 Å². The number of ether oxygens (including phenoxy) is 3. The van der Waals surface area contributed by atoms with E-state index in [0.717, 1.165) is 34.4 Å². The fourth-order valence-electron chi connectivity index (χ4n) is 2.65. The number of hydrogen-bond acceptors (Lipinski definition) is 3. The second-order valence-corrected chi connectivity index (χ2v) is 5.69. The van der Waals surface area contributed by atoms with Gasteiger partial charge in [-0.2, -0.15) is 0 Å². The topological polar surface area (TPSA) is 27.7 Å². The van der Waals surface area contributed by atoms with Crippen LogP contribution in [-0.4, -0.2) is 14.2 Å². The number of methoxy groups -OCH3 is 2. The second-order valence-electron chi connectivity index (χ2n) is 5.31. The highest BCUT2D eigenvalue weighted by Gasteiger charge is 2.20. The summed E-state index contributed by atoms with van der Waals surface area (Å²) in [7, 11) is 3.19. The van der Waals surface area contributed by atoms with Gasteiger partial charge in [-0.3, -0.25) is 0 Å². The molecule has 0 aliphatic rings. The van der Waals surface area contributed by atoms with Gasteiger partial charge in [0, 0.05) is 19.8 Å². The molecule has 0 aromatic heterocycles. The van der Waals surface area contributed by atoms with Gasteiger partial charge < -0.3 is 14.2 Å². The molecular formula is C19H23ClO3. The highest BCUT2D eigenvalue weighted by atomic mass is 35.5. The molecule has 0 heterocycles. The van der Waals surface area contributed by atoms with Crippen LogP contribution in [0.4, 0.5) is 0 Å². The van der Waals surface area contributed by atoms with Crippen LogP contribution in [0.3, 0.4) is 0 Å². The Morgan fingerprint density at radius 3 is 2.30 bits per heavy atom. The van der Waals surface area contributed by atoms with Crippen LogP contribution in [0.15, 0.2) is 36.4 Å². The Kier molecular flexibility index (Phi) is 6.46. The first-order valence-corrected chi connectivity index (χ1v) is 8.04. The quantitative estimate of drug-likeness (QED) is 0.661. The van der Waals surface area contributed by atoms with Crippen molar-refractivity contribution >= 4 is 11.6 Å². The summed E-state index contributed by atoms with van der Waals surface area (Å²) in [5.74, 6) is 0.826. The van der Waals surface area contributed by atoms with Gasteiger partial charge in [-0.25, -0.2) is 0 Å². The molecule has 0 spiro atoms. The summed E-state index contributed by atoms with van der Waals surface area (Å²) in [5.41, 5.74) is 4.03. The van der Waals surface area contributed by atoms with E-state index < -0.39 is 6.29 Å². The van der Waals surface area contributed by atoms with Crippen LogP contribution >= 0.6 is 11.6 Å². The Bertz CT molecular complexity index is 637. The van der Waals surface area contributed by atoms with E-state index in [1.807, 2.05) is 43.3 Å². The average molecular weight is 335 g/mol. The molecule has 4 heteroatoms. The highest BCUT2D eigenvalue weighted by molar-refractivity contribution is 6.32. The van der Waals surface area contributed by atoms with E-state index in [-0.39, 0.29) is 0 Å². The first-order valence-electron chi connectivity index (χ1n) is 7.66. The van der Waals surface area contributed by atoms with Crippen molar-refractivity contribution in [2.45, 2.75) is 33.2 Å². The van der Waals surface area contributed by atoms with E-state index in [4.69, 9.17) is 25.8 Å². The first kappa shape index (κ1) is 17.8. The molecule has 124 valence electrons. The lowest BCUT2D eigenvalue weighted by Crippen LogP contribution is -2.08. The summed E-state index contributed by atoms with van der Waals surface area (Å²) in [5, 5.41) is 0.669. The van der Waals surface area contributed by atoms with Gasteiger partial charge in [-0.05, 0) is 36.1 Å². The summed E-state index contributed by atoms with van der Waals surface area (Å²) in [6, 6.07) is 12.0. The van der Waals surface area contributed by atoms with E-state index in [2.05, 4.69) is 6.92 Å². The minimum Gasteiger partial charge on any atom is -0.489 e. The summed E-state index contributed by atoms with van der Waals surface area (Å²) >= 11 is 6.50. The minimum atomic E-state index is -0.508. The van der Waals surface area contributed by atoms with Crippen molar-refractivity contribution in [3.63, 3.8) is 0 Å². The molecule has 0 amide bonds. The summed E-state index contributed by atoms with van der Waals surface area (Å²) in [6.45, 7) is 4.61. The maximum Gasteiger partial charge on any atom is 0.184 e. The molecule has 2 aromatic rings. The van der Waals surface area contributed by atoms with Crippen molar-refractivity contribution in [3.8, 4) is 5.75 Å². The molecule has 0 saturated heterocycles. The van der Waals surface area contributed by atoms with Crippen molar-refractivity contribution in [3.05, 3.63) is 63.7 Å². The minimum absolute atomic E-state index is 0.508. The third kappa shape index (κ3) is 4.05. The predicted molar refractivity (Wildman–Crippen MR) is 93.1 cm³/mol. The summed E-state index contributed by atoms with van der Waals surface area (Å²) < 4.78 is 16.8. The normalized spacial score (nSPS) is 11.0. The molecule has 0 unspecified atom stereocenters. The van der Waals surface area contributed by atoms with Crippen LogP contribution in [0.25, 0.3) is 0 Å². The molecule has 3 nitrogen and oxygen atoms in total. The molecule has 0 fully saturated rings. The van der Waals surface area contributed by atoms with Gasteiger partial charge in [0.15, 0.2) is 6.29 Å². The van der Waals surface area contributed by atoms with E-state index in [1.54, 1.807) is 14.2 Å². The fourth-order valence-corrected chi connectivity index (χ4v) is 2.91. The molecule has 23 heavy (non-hydrogen) atoms. The van der Waals surface area contributed by atoms with Crippen molar-refractivity contribution in [1.29, 1.82) is 0 Å². The smallest absolute Gasteiger partial charge is 0.184 e. The third-order valence-corrected chi connectivity index (χ3v) is 4.39. The van der Waals surface area contributed by atoms with Crippen LogP contribution in [0.1, 0.15) is 35.5 Å². The summed E-state index contributed by atoms with van der Waals surface area (Å²) in [4.78, 5) is 0. The van der Waals surface area contributed by atoms with Crippen molar-refractivity contribution < 1.29 is 14.2 Å². The number of halogens is 1. The maximum atomic E-state index is 6.50. The van der Waals surface area contributed by atoms with Gasteiger partial charge in [0.2, 0.25) is 0 Å². The van der Waals surface area contributed by atoms with Crippen LogP contribution in [0.2, 0.25) is 5.02 Å². The second kappa shape index (κ2) is 8.34. The van der Waals surface area contributed by atoms with Crippen LogP contribution in [0.5, 0.6) is 5.75 Å². The van der Waals surface area contributed by atoms with E-state index in [0.29, 0.717) is 11.6 Å². The van der Waals surface area contributed by atoms with Gasteiger partial charge in [0.25, 0.3) is 0 Å². The van der Waals surface area contributed by atoms with E-state index >= 15 is 0 Å². The zero-order valence-electron chi connectivity index (χ0n) is 14.1. The molecule has 0 aliphatic heterocycles. The number of rotatable bonds is 7. The third-order valence-electron chi connectivity index (χ3n) is 3.89. The standard InChI is InChI=1S/C19H23ClO3/c1-5-15-13(2)18(20)16(19(21-3)22-4)11-17(15)23-12-14-9-7-6-8-10-14/h6-11,19H,5,12H2,1-4H3. The van der Waals surface area contributed by atoms with Gasteiger partial charge in [-0.15, -0.1) is 0 Å². The lowest BCUT2D eigenvalue weighted by molar-refractivity contribution is -0.106. The van der Waals surface area contributed by atoms with Crippen LogP contribution in [-0.2, 0) is 22.5 Å². The SMILES string of the molecule is CCc1c(OCc2ccccc2)cc(C(OC)OC)c(Cl)c1C. The molecule has 2 rings (SSSR count). The average Bonchev–Trinajstić information content (AvgIpc) is 2.59. The van der Waals surface area contributed by atoms with Gasteiger partial charge in [-0.1, -0.05) is 48.9 Å². The molecule has 0 N–H and O–H groups in total. The maximum absolute atomic E-state index is 6.50. The molecule has 0 bridgehead atoms. The number of hydrogen-bond donors (Lipinski definition) is 0. The molecule has 0 aliphatic carbocycles. The van der Waals surface area contributed by atoms with E-state index in [1.165, 1.54) is 0 Å². The zero-order chi connectivity index (χ0) is 16.8. The lowest BCUT2D eigenvalue weighted by Gasteiger charge is -2.21.